The maximum absolute atomic E-state index is 12.4. The third-order valence-corrected chi connectivity index (χ3v) is 7.68. The average molecular weight is 569 g/mol. The quantitative estimate of drug-likeness (QED) is 0.230. The van der Waals surface area contributed by atoms with Crippen molar-refractivity contribution in [2.75, 3.05) is 19.8 Å². The smallest absolute Gasteiger partial charge is 0.316 e. The first-order chi connectivity index (χ1) is 20.3. The third-order valence-electron chi connectivity index (χ3n) is 7.68. The second-order valence-electron chi connectivity index (χ2n) is 10.5. The Morgan fingerprint density at radius 2 is 1.62 bits per heavy atom. The maximum atomic E-state index is 12.4. The summed E-state index contributed by atoms with van der Waals surface area (Å²) in [5.74, 6) is 0.528. The van der Waals surface area contributed by atoms with E-state index in [0.717, 1.165) is 61.6 Å². The molecular formula is C34H36N2O6. The molecule has 5 rings (SSSR count). The molecule has 4 aromatic rings. The predicted molar refractivity (Wildman–Crippen MR) is 160 cm³/mol. The molecule has 0 bridgehead atoms. The minimum Gasteiger partial charge on any atom is -0.489 e. The van der Waals surface area contributed by atoms with E-state index in [-0.39, 0.29) is 24.5 Å². The third kappa shape index (κ3) is 6.00. The highest BCUT2D eigenvalue weighted by molar-refractivity contribution is 5.83. The van der Waals surface area contributed by atoms with Crippen molar-refractivity contribution in [3.05, 3.63) is 94.3 Å². The first-order valence-corrected chi connectivity index (χ1v) is 14.2. The summed E-state index contributed by atoms with van der Waals surface area (Å²) in [4.78, 5) is 21.3. The average Bonchev–Trinajstić information content (AvgIpc) is 3.28. The zero-order chi connectivity index (χ0) is 29.8. The van der Waals surface area contributed by atoms with Gasteiger partial charge in [0.15, 0.2) is 0 Å². The van der Waals surface area contributed by atoms with Gasteiger partial charge in [0.25, 0.3) is 0 Å². The molecule has 0 saturated carbocycles. The van der Waals surface area contributed by atoms with Crippen LogP contribution in [0.25, 0.3) is 22.3 Å². The van der Waals surface area contributed by atoms with Gasteiger partial charge in [-0.05, 0) is 78.8 Å². The Hall–Kier alpha value is -4.27. The van der Waals surface area contributed by atoms with Crippen LogP contribution in [0.5, 0.6) is 11.8 Å². The highest BCUT2D eigenvalue weighted by Crippen LogP contribution is 2.47. The van der Waals surface area contributed by atoms with E-state index in [0.29, 0.717) is 19.6 Å². The zero-order valence-electron chi connectivity index (χ0n) is 24.4. The van der Waals surface area contributed by atoms with Crippen molar-refractivity contribution < 1.29 is 29.2 Å². The highest BCUT2D eigenvalue weighted by Gasteiger charge is 2.31. The van der Waals surface area contributed by atoms with Crippen LogP contribution in [0.2, 0.25) is 0 Å². The second-order valence-corrected chi connectivity index (χ2v) is 10.5. The van der Waals surface area contributed by atoms with E-state index in [1.54, 1.807) is 0 Å². The summed E-state index contributed by atoms with van der Waals surface area (Å²) in [5, 5.41) is 18.6. The van der Waals surface area contributed by atoms with Gasteiger partial charge >= 0.3 is 12.0 Å². The molecule has 0 saturated heterocycles. The van der Waals surface area contributed by atoms with Gasteiger partial charge in [-0.1, -0.05) is 48.5 Å². The molecule has 1 aliphatic rings. The summed E-state index contributed by atoms with van der Waals surface area (Å²) < 4.78 is 17.0. The largest absolute Gasteiger partial charge is 0.489 e. The lowest BCUT2D eigenvalue weighted by Gasteiger charge is -2.17. The lowest BCUT2D eigenvalue weighted by molar-refractivity contribution is -0.143. The number of aryl methyl sites for hydroxylation is 2. The molecule has 2 atom stereocenters. The van der Waals surface area contributed by atoms with Gasteiger partial charge < -0.3 is 24.4 Å². The number of ether oxygens (including phenoxy) is 3. The Bertz CT molecular complexity index is 1580. The summed E-state index contributed by atoms with van der Waals surface area (Å²) >= 11 is 0. The number of benzene rings is 3. The van der Waals surface area contributed by atoms with E-state index in [1.165, 1.54) is 0 Å². The second kappa shape index (κ2) is 12.7. The summed E-state index contributed by atoms with van der Waals surface area (Å²) in [6.45, 7) is 7.97. The van der Waals surface area contributed by atoms with Crippen molar-refractivity contribution in [3.8, 4) is 34.0 Å². The van der Waals surface area contributed by atoms with Crippen LogP contribution in [0.15, 0.2) is 60.7 Å². The summed E-state index contributed by atoms with van der Waals surface area (Å²) in [6, 6.07) is 20.6. The molecule has 0 fully saturated rings. The van der Waals surface area contributed by atoms with Crippen LogP contribution in [0.1, 0.15) is 52.9 Å². The molecular weight excluding hydrogens is 532 g/mol. The molecule has 0 radical (unpaired) electrons. The fourth-order valence-corrected chi connectivity index (χ4v) is 5.62. The lowest BCUT2D eigenvalue weighted by Crippen LogP contribution is -2.22. The Morgan fingerprint density at radius 3 is 2.36 bits per heavy atom. The van der Waals surface area contributed by atoms with Gasteiger partial charge in [0, 0.05) is 11.5 Å². The number of carbonyl (C=O) groups excluding carboxylic acids is 1. The van der Waals surface area contributed by atoms with Crippen LogP contribution in [0.4, 0.5) is 0 Å². The van der Waals surface area contributed by atoms with Gasteiger partial charge in [0.1, 0.15) is 25.1 Å². The Morgan fingerprint density at radius 1 is 0.905 bits per heavy atom. The Balaban J connectivity index is 1.36. The van der Waals surface area contributed by atoms with Crippen LogP contribution in [-0.4, -0.2) is 52.1 Å². The Labute approximate surface area is 246 Å². The molecule has 1 aromatic heterocycles. The van der Waals surface area contributed by atoms with Gasteiger partial charge in [0.05, 0.1) is 31.0 Å². The van der Waals surface area contributed by atoms with Gasteiger partial charge in [-0.25, -0.2) is 0 Å². The van der Waals surface area contributed by atoms with E-state index < -0.39 is 12.7 Å². The minimum atomic E-state index is -0.987. The molecule has 0 spiro atoms. The van der Waals surface area contributed by atoms with Crippen molar-refractivity contribution in [1.82, 2.24) is 9.97 Å². The summed E-state index contributed by atoms with van der Waals surface area (Å²) in [5.41, 5.74) is 10.0. The van der Waals surface area contributed by atoms with Gasteiger partial charge in [-0.3, -0.25) is 4.79 Å². The molecule has 8 nitrogen and oxygen atoms in total. The van der Waals surface area contributed by atoms with Crippen molar-refractivity contribution in [2.24, 2.45) is 0 Å². The molecule has 1 aliphatic carbocycles. The molecule has 218 valence electrons. The highest BCUT2D eigenvalue weighted by atomic mass is 16.5. The predicted octanol–water partition coefficient (Wildman–Crippen LogP) is 5.45. The first kappa shape index (κ1) is 29.2. The number of carbonyl (C=O) groups is 1. The molecule has 8 heteroatoms. The summed E-state index contributed by atoms with van der Waals surface area (Å²) in [6.07, 6.45) is -0.677. The van der Waals surface area contributed by atoms with E-state index >= 15 is 0 Å². The Kier molecular flexibility index (Phi) is 8.85. The van der Waals surface area contributed by atoms with E-state index in [4.69, 9.17) is 19.3 Å². The molecule has 3 aromatic carbocycles. The summed E-state index contributed by atoms with van der Waals surface area (Å²) in [7, 11) is 0. The SMILES string of the molecule is CCOC(=O)CC1c2ccccc2-c2cc(OCc3cccc(-c4c(C)nc(OC[C@@H](O)CO)nc4C)c3C)ccc21. The molecule has 1 heterocycles. The van der Waals surface area contributed by atoms with Crippen LogP contribution in [0.3, 0.4) is 0 Å². The van der Waals surface area contributed by atoms with Gasteiger partial charge in [-0.15, -0.1) is 0 Å². The number of fused-ring (bicyclic) bond motifs is 3. The van der Waals surface area contributed by atoms with Gasteiger partial charge in [-0.2, -0.15) is 9.97 Å². The number of aromatic nitrogens is 2. The fraction of sp³-hybridized carbons (Fsp3) is 0.324. The van der Waals surface area contributed by atoms with Crippen LogP contribution < -0.4 is 9.47 Å². The fourth-order valence-electron chi connectivity index (χ4n) is 5.62. The monoisotopic (exact) mass is 568 g/mol. The van der Waals surface area contributed by atoms with Crippen LogP contribution >= 0.6 is 0 Å². The van der Waals surface area contributed by atoms with Crippen LogP contribution in [-0.2, 0) is 16.1 Å². The van der Waals surface area contributed by atoms with E-state index in [9.17, 15) is 9.90 Å². The number of hydrogen-bond donors (Lipinski definition) is 2. The number of esters is 1. The van der Waals surface area contributed by atoms with E-state index in [1.807, 2.05) is 51.1 Å². The lowest BCUT2D eigenvalue weighted by atomic mass is 9.93. The molecule has 42 heavy (non-hydrogen) atoms. The molecule has 0 amide bonds. The van der Waals surface area contributed by atoms with Crippen molar-refractivity contribution >= 4 is 5.97 Å². The standard InChI is InChI=1S/C34H36N2O6/c1-5-40-32(39)16-31-28-11-7-6-10-27(28)30-15-25(13-14-29(30)31)41-18-23-9-8-12-26(20(23)2)33-21(3)35-34(36-22(33)4)42-19-24(38)17-37/h6-15,24,31,37-38H,5,16-19H2,1-4H3/t24-,31?/m0/s1. The first-order valence-electron chi connectivity index (χ1n) is 14.2. The number of aliphatic hydroxyl groups excluding tert-OH is 2. The minimum absolute atomic E-state index is 0.0338. The zero-order valence-corrected chi connectivity index (χ0v) is 24.4. The van der Waals surface area contributed by atoms with Gasteiger partial charge in [0.2, 0.25) is 0 Å². The number of nitrogens with zero attached hydrogens (tertiary/aromatic N) is 2. The van der Waals surface area contributed by atoms with Crippen molar-refractivity contribution in [2.45, 2.75) is 52.7 Å². The topological polar surface area (TPSA) is 111 Å². The maximum Gasteiger partial charge on any atom is 0.316 e. The van der Waals surface area contributed by atoms with E-state index in [2.05, 4.69) is 47.2 Å². The number of aliphatic hydroxyl groups is 2. The molecule has 2 N–H and O–H groups in total. The molecule has 0 aliphatic heterocycles. The molecule has 1 unspecified atom stereocenters. The van der Waals surface area contributed by atoms with Crippen molar-refractivity contribution in [1.29, 1.82) is 0 Å². The van der Waals surface area contributed by atoms with Crippen LogP contribution in [0, 0.1) is 20.8 Å². The number of rotatable bonds is 11. The normalized spacial score (nSPS) is 14.2. The van der Waals surface area contributed by atoms with Crippen molar-refractivity contribution in [3.63, 3.8) is 0 Å². The number of hydrogen-bond acceptors (Lipinski definition) is 8.